The van der Waals surface area contributed by atoms with E-state index in [9.17, 15) is 4.79 Å². The van der Waals surface area contributed by atoms with Gasteiger partial charge in [-0.1, -0.05) is 30.3 Å². The lowest BCUT2D eigenvalue weighted by atomic mass is 10.1. The number of hydrogen-bond acceptors (Lipinski definition) is 3. The molecule has 1 N–H and O–H groups in total. The van der Waals surface area contributed by atoms with Gasteiger partial charge >= 0.3 is 5.97 Å². The maximum atomic E-state index is 10.6. The number of carboxylic acid groups (broad SMARTS) is 1. The molecule has 0 radical (unpaired) electrons. The lowest BCUT2D eigenvalue weighted by Crippen LogP contribution is -2.20. The van der Waals surface area contributed by atoms with E-state index in [1.807, 2.05) is 24.3 Å². The van der Waals surface area contributed by atoms with E-state index in [2.05, 4.69) is 29.5 Å². The highest BCUT2D eigenvalue weighted by Crippen LogP contribution is 2.14. The molecule has 0 aliphatic rings. The van der Waals surface area contributed by atoms with Crippen LogP contribution in [0.4, 0.5) is 0 Å². The minimum Gasteiger partial charge on any atom is -0.478 e. The molecule has 3 nitrogen and oxygen atoms in total. The van der Waals surface area contributed by atoms with E-state index < -0.39 is 5.97 Å². The van der Waals surface area contributed by atoms with Crippen LogP contribution in [-0.2, 0) is 17.8 Å². The van der Waals surface area contributed by atoms with Crippen LogP contribution in [0.25, 0.3) is 6.08 Å². The van der Waals surface area contributed by atoms with E-state index in [0.717, 1.165) is 30.6 Å². The quantitative estimate of drug-likeness (QED) is 0.795. The van der Waals surface area contributed by atoms with Gasteiger partial charge < -0.3 is 10.0 Å². The van der Waals surface area contributed by atoms with Crippen molar-refractivity contribution in [2.24, 2.45) is 0 Å². The fourth-order valence-corrected chi connectivity index (χ4v) is 2.83. The number of likely N-dealkylation sites (N-methyl/N-ethyl adjacent to an activating group) is 1. The molecule has 2 aromatic rings. The average Bonchev–Trinajstić information content (AvgIpc) is 2.97. The molecule has 0 fully saturated rings. The van der Waals surface area contributed by atoms with Gasteiger partial charge in [-0.2, -0.15) is 0 Å². The predicted octanol–water partition coefficient (Wildman–Crippen LogP) is 3.52. The molecule has 0 atom stereocenters. The Bertz CT molecular complexity index is 605. The standard InChI is InChI=1S/C17H19NO2S/c1-18(11-10-16-7-4-12-21-16)13-15-6-3-2-5-14(15)8-9-17(19)20/h2-9,12H,10-11,13H2,1H3,(H,19,20). The summed E-state index contributed by atoms with van der Waals surface area (Å²) < 4.78 is 0. The molecule has 2 rings (SSSR count). The Morgan fingerprint density at radius 3 is 2.81 bits per heavy atom. The van der Waals surface area contributed by atoms with Crippen molar-refractivity contribution in [3.8, 4) is 0 Å². The first kappa shape index (κ1) is 15.5. The summed E-state index contributed by atoms with van der Waals surface area (Å²) in [5.41, 5.74) is 2.10. The fraction of sp³-hybridized carbons (Fsp3) is 0.235. The SMILES string of the molecule is CN(CCc1cccs1)Cc1ccccc1C=CC(=O)O. The van der Waals surface area contributed by atoms with Crippen molar-refractivity contribution in [2.75, 3.05) is 13.6 Å². The molecule has 0 unspecified atom stereocenters. The predicted molar refractivity (Wildman–Crippen MR) is 87.5 cm³/mol. The molecule has 0 saturated carbocycles. The highest BCUT2D eigenvalue weighted by Gasteiger charge is 2.05. The zero-order chi connectivity index (χ0) is 15.1. The van der Waals surface area contributed by atoms with Crippen LogP contribution in [-0.4, -0.2) is 29.6 Å². The molecular weight excluding hydrogens is 282 g/mol. The van der Waals surface area contributed by atoms with Gasteiger partial charge in [-0.05, 0) is 42.1 Å². The molecule has 0 amide bonds. The van der Waals surface area contributed by atoms with Gasteiger partial charge in [0.05, 0.1) is 0 Å². The lowest BCUT2D eigenvalue weighted by Gasteiger charge is -2.17. The van der Waals surface area contributed by atoms with Crippen LogP contribution in [0.15, 0.2) is 47.9 Å². The monoisotopic (exact) mass is 301 g/mol. The maximum absolute atomic E-state index is 10.6. The Kier molecular flexibility index (Phi) is 5.72. The second-order valence-electron chi connectivity index (χ2n) is 4.94. The number of thiophene rings is 1. The summed E-state index contributed by atoms with van der Waals surface area (Å²) in [7, 11) is 2.09. The Morgan fingerprint density at radius 2 is 2.10 bits per heavy atom. The average molecular weight is 301 g/mol. The number of nitrogens with zero attached hydrogens (tertiary/aromatic N) is 1. The normalized spacial score (nSPS) is 11.3. The summed E-state index contributed by atoms with van der Waals surface area (Å²) in [6.45, 7) is 1.79. The first-order chi connectivity index (χ1) is 10.1. The summed E-state index contributed by atoms with van der Waals surface area (Å²) in [5.74, 6) is -0.921. The number of hydrogen-bond donors (Lipinski definition) is 1. The van der Waals surface area contributed by atoms with E-state index >= 15 is 0 Å². The molecule has 0 saturated heterocycles. The van der Waals surface area contributed by atoms with Crippen molar-refractivity contribution in [3.63, 3.8) is 0 Å². The highest BCUT2D eigenvalue weighted by atomic mass is 32.1. The number of benzene rings is 1. The lowest BCUT2D eigenvalue weighted by molar-refractivity contribution is -0.131. The van der Waals surface area contributed by atoms with Gasteiger partial charge in [0.1, 0.15) is 0 Å². The summed E-state index contributed by atoms with van der Waals surface area (Å²) in [4.78, 5) is 14.3. The topological polar surface area (TPSA) is 40.5 Å². The van der Waals surface area contributed by atoms with Gasteiger partial charge in [-0.3, -0.25) is 0 Å². The van der Waals surface area contributed by atoms with Gasteiger partial charge in [0.15, 0.2) is 0 Å². The molecule has 1 aromatic heterocycles. The van der Waals surface area contributed by atoms with E-state index in [-0.39, 0.29) is 0 Å². The van der Waals surface area contributed by atoms with Crippen LogP contribution in [0.1, 0.15) is 16.0 Å². The zero-order valence-corrected chi connectivity index (χ0v) is 12.8. The zero-order valence-electron chi connectivity index (χ0n) is 12.0. The smallest absolute Gasteiger partial charge is 0.328 e. The largest absolute Gasteiger partial charge is 0.478 e. The van der Waals surface area contributed by atoms with Crippen molar-refractivity contribution in [1.29, 1.82) is 0 Å². The molecule has 4 heteroatoms. The third kappa shape index (κ3) is 5.17. The Morgan fingerprint density at radius 1 is 1.29 bits per heavy atom. The molecule has 0 aliphatic carbocycles. The van der Waals surface area contributed by atoms with Crippen LogP contribution in [0.3, 0.4) is 0 Å². The summed E-state index contributed by atoms with van der Waals surface area (Å²) in [6.07, 6.45) is 3.89. The van der Waals surface area contributed by atoms with Gasteiger partial charge in [0.25, 0.3) is 0 Å². The first-order valence-electron chi connectivity index (χ1n) is 6.85. The van der Waals surface area contributed by atoms with E-state index in [0.29, 0.717) is 0 Å². The minimum absolute atomic E-state index is 0.811. The van der Waals surface area contributed by atoms with Crippen molar-refractivity contribution < 1.29 is 9.90 Å². The van der Waals surface area contributed by atoms with Gasteiger partial charge in [-0.15, -0.1) is 11.3 Å². The highest BCUT2D eigenvalue weighted by molar-refractivity contribution is 7.09. The van der Waals surface area contributed by atoms with Crippen LogP contribution in [0.5, 0.6) is 0 Å². The molecule has 21 heavy (non-hydrogen) atoms. The van der Waals surface area contributed by atoms with Crippen LogP contribution in [0.2, 0.25) is 0 Å². The maximum Gasteiger partial charge on any atom is 0.328 e. The van der Waals surface area contributed by atoms with Gasteiger partial charge in [0, 0.05) is 24.0 Å². The number of rotatable bonds is 7. The van der Waals surface area contributed by atoms with E-state index in [4.69, 9.17) is 5.11 Å². The Balaban J connectivity index is 1.96. The van der Waals surface area contributed by atoms with Crippen LogP contribution in [0, 0.1) is 0 Å². The minimum atomic E-state index is -0.921. The van der Waals surface area contributed by atoms with Gasteiger partial charge in [0.2, 0.25) is 0 Å². The van der Waals surface area contributed by atoms with E-state index in [1.165, 1.54) is 11.0 Å². The molecule has 1 aromatic carbocycles. The third-order valence-corrected chi connectivity index (χ3v) is 4.16. The van der Waals surface area contributed by atoms with Crippen molar-refractivity contribution in [3.05, 3.63) is 63.9 Å². The Hall–Kier alpha value is -1.91. The molecule has 1 heterocycles. The molecule has 0 bridgehead atoms. The Labute approximate surface area is 129 Å². The molecule has 0 spiro atoms. The van der Waals surface area contributed by atoms with Crippen molar-refractivity contribution >= 4 is 23.4 Å². The summed E-state index contributed by atoms with van der Waals surface area (Å²) in [6, 6.07) is 12.1. The summed E-state index contributed by atoms with van der Waals surface area (Å²) >= 11 is 1.78. The third-order valence-electron chi connectivity index (χ3n) is 3.22. The molecule has 110 valence electrons. The molecular formula is C17H19NO2S. The number of aliphatic carboxylic acids is 1. The van der Waals surface area contributed by atoms with Crippen LogP contribution < -0.4 is 0 Å². The second-order valence-corrected chi connectivity index (χ2v) is 5.97. The van der Waals surface area contributed by atoms with E-state index in [1.54, 1.807) is 17.4 Å². The molecule has 0 aliphatic heterocycles. The van der Waals surface area contributed by atoms with Crippen molar-refractivity contribution in [2.45, 2.75) is 13.0 Å². The fourth-order valence-electron chi connectivity index (χ4n) is 2.13. The number of carbonyl (C=O) groups is 1. The van der Waals surface area contributed by atoms with Crippen molar-refractivity contribution in [1.82, 2.24) is 4.90 Å². The summed E-state index contributed by atoms with van der Waals surface area (Å²) in [5, 5.41) is 10.8. The van der Waals surface area contributed by atoms with Gasteiger partial charge in [-0.25, -0.2) is 4.79 Å². The number of carboxylic acids is 1. The van der Waals surface area contributed by atoms with Crippen LogP contribution >= 0.6 is 11.3 Å². The second kappa shape index (κ2) is 7.76. The first-order valence-corrected chi connectivity index (χ1v) is 7.73.